The highest BCUT2D eigenvalue weighted by Crippen LogP contribution is 2.29. The third-order valence-electron chi connectivity index (χ3n) is 3.28. The number of hydrogen-bond acceptors (Lipinski definition) is 5. The lowest BCUT2D eigenvalue weighted by Crippen LogP contribution is -2.39. The Labute approximate surface area is 126 Å². The van der Waals surface area contributed by atoms with E-state index in [1.807, 2.05) is 27.0 Å². The number of aliphatic imine (C=N–C) groups is 1. The van der Waals surface area contributed by atoms with Gasteiger partial charge < -0.3 is 15.8 Å². The molecule has 5 nitrogen and oxygen atoms in total. The Morgan fingerprint density at radius 1 is 1.30 bits per heavy atom. The number of ether oxygens (including phenoxy) is 1. The topological polar surface area (TPSA) is 76.7 Å². The zero-order chi connectivity index (χ0) is 15.1. The molecular formula is C14H27N3O2S. The van der Waals surface area contributed by atoms with Gasteiger partial charge in [0.05, 0.1) is 17.3 Å². The minimum Gasteiger partial charge on any atom is -0.447 e. The summed E-state index contributed by atoms with van der Waals surface area (Å²) in [5.74, 6) is 0.482. The summed E-state index contributed by atoms with van der Waals surface area (Å²) in [6, 6.07) is 0.218. The molecule has 1 fully saturated rings. The first kappa shape index (κ1) is 17.3. The van der Waals surface area contributed by atoms with Crippen LogP contribution in [0.2, 0.25) is 0 Å². The minimum absolute atomic E-state index is 0.0763. The second kappa shape index (κ2) is 8.52. The van der Waals surface area contributed by atoms with Gasteiger partial charge in [-0.05, 0) is 52.7 Å². The van der Waals surface area contributed by atoms with Crippen molar-refractivity contribution in [3.05, 3.63) is 0 Å². The van der Waals surface area contributed by atoms with Gasteiger partial charge in [-0.25, -0.2) is 4.79 Å². The van der Waals surface area contributed by atoms with E-state index in [1.165, 1.54) is 0 Å². The van der Waals surface area contributed by atoms with Crippen LogP contribution in [0.15, 0.2) is 4.99 Å². The van der Waals surface area contributed by atoms with E-state index in [-0.39, 0.29) is 24.4 Å². The van der Waals surface area contributed by atoms with Crippen LogP contribution in [0.1, 0.15) is 46.5 Å². The van der Waals surface area contributed by atoms with E-state index < -0.39 is 0 Å². The summed E-state index contributed by atoms with van der Waals surface area (Å²) in [6.07, 6.45) is 5.54. The van der Waals surface area contributed by atoms with Crippen molar-refractivity contribution in [1.29, 1.82) is 0 Å². The maximum atomic E-state index is 11.6. The van der Waals surface area contributed by atoms with Crippen LogP contribution < -0.4 is 11.1 Å². The van der Waals surface area contributed by atoms with Crippen LogP contribution in [-0.4, -0.2) is 35.7 Å². The molecule has 1 saturated carbocycles. The van der Waals surface area contributed by atoms with Crippen LogP contribution in [0.25, 0.3) is 0 Å². The molecule has 1 rings (SSSR count). The molecular weight excluding hydrogens is 274 g/mol. The molecule has 0 aromatic heterocycles. The summed E-state index contributed by atoms with van der Waals surface area (Å²) in [5, 5.41) is 4.08. The Bertz CT molecular complexity index is 337. The monoisotopic (exact) mass is 301 g/mol. The third kappa shape index (κ3) is 6.13. The van der Waals surface area contributed by atoms with E-state index in [0.29, 0.717) is 5.92 Å². The molecule has 1 aliphatic rings. The average molecular weight is 301 g/mol. The van der Waals surface area contributed by atoms with Gasteiger partial charge in [0.15, 0.2) is 0 Å². The number of hydrogen-bond donors (Lipinski definition) is 2. The molecule has 1 aliphatic carbocycles. The lowest BCUT2D eigenvalue weighted by Gasteiger charge is -2.29. The number of carbonyl (C=O) groups excluding carboxylic acids is 1. The van der Waals surface area contributed by atoms with Crippen LogP contribution in [-0.2, 0) is 4.74 Å². The van der Waals surface area contributed by atoms with Crippen LogP contribution >= 0.6 is 11.8 Å². The normalized spacial score (nSPS) is 25.4. The molecule has 0 bridgehead atoms. The Morgan fingerprint density at radius 2 is 1.90 bits per heavy atom. The van der Waals surface area contributed by atoms with E-state index in [0.717, 1.165) is 30.7 Å². The molecule has 3 N–H and O–H groups in total. The Morgan fingerprint density at radius 3 is 2.35 bits per heavy atom. The summed E-state index contributed by atoms with van der Waals surface area (Å²) in [7, 11) is 0. The van der Waals surface area contributed by atoms with Crippen molar-refractivity contribution in [2.75, 3.05) is 6.26 Å². The van der Waals surface area contributed by atoms with E-state index >= 15 is 0 Å². The minimum atomic E-state index is -0.308. The number of nitrogens with one attached hydrogen (secondary N) is 1. The number of alkyl carbamates (subject to hydrolysis) is 1. The van der Waals surface area contributed by atoms with Gasteiger partial charge >= 0.3 is 6.09 Å². The largest absolute Gasteiger partial charge is 0.447 e. The SMILES string of the molecule is CS/C(=N\C(C)N)C1CCC(NC(=O)OC(C)C)CC1. The van der Waals surface area contributed by atoms with Crippen molar-refractivity contribution in [2.24, 2.45) is 16.6 Å². The first-order valence-corrected chi connectivity index (χ1v) is 8.49. The smallest absolute Gasteiger partial charge is 0.407 e. The van der Waals surface area contributed by atoms with Crippen molar-refractivity contribution in [1.82, 2.24) is 5.32 Å². The van der Waals surface area contributed by atoms with E-state index in [1.54, 1.807) is 11.8 Å². The molecule has 116 valence electrons. The number of carbonyl (C=O) groups is 1. The highest BCUT2D eigenvalue weighted by molar-refractivity contribution is 8.13. The Hall–Kier alpha value is -0.750. The molecule has 0 radical (unpaired) electrons. The van der Waals surface area contributed by atoms with Gasteiger partial charge in [0, 0.05) is 12.0 Å². The Balaban J connectivity index is 2.41. The molecule has 0 saturated heterocycles. The van der Waals surface area contributed by atoms with Crippen LogP contribution in [0.4, 0.5) is 4.79 Å². The van der Waals surface area contributed by atoms with Crippen molar-refractivity contribution < 1.29 is 9.53 Å². The fourth-order valence-corrected chi connectivity index (χ4v) is 3.27. The first-order chi connectivity index (χ1) is 9.42. The molecule has 1 atom stereocenters. The quantitative estimate of drug-likeness (QED) is 0.618. The van der Waals surface area contributed by atoms with Gasteiger partial charge in [0.25, 0.3) is 0 Å². The second-order valence-electron chi connectivity index (χ2n) is 5.56. The van der Waals surface area contributed by atoms with Crippen LogP contribution in [0.3, 0.4) is 0 Å². The van der Waals surface area contributed by atoms with Crippen molar-refractivity contribution in [2.45, 2.75) is 64.8 Å². The number of thioether (sulfide) groups is 1. The number of amides is 1. The molecule has 0 aliphatic heterocycles. The zero-order valence-corrected chi connectivity index (χ0v) is 13.7. The van der Waals surface area contributed by atoms with Crippen molar-refractivity contribution >= 4 is 22.9 Å². The maximum Gasteiger partial charge on any atom is 0.407 e. The van der Waals surface area contributed by atoms with E-state index in [9.17, 15) is 4.79 Å². The molecule has 0 spiro atoms. The second-order valence-corrected chi connectivity index (χ2v) is 6.39. The zero-order valence-electron chi connectivity index (χ0n) is 12.9. The van der Waals surface area contributed by atoms with Gasteiger partial charge in [-0.15, -0.1) is 11.8 Å². The standard InChI is InChI=1S/C14H27N3O2S/c1-9(2)19-14(18)17-12-7-5-11(6-8-12)13(20-4)16-10(3)15/h9-12H,5-8,15H2,1-4H3,(H,17,18)/b16-13-. The number of nitrogens with two attached hydrogens (primary N) is 1. The predicted molar refractivity (Wildman–Crippen MR) is 85.1 cm³/mol. The summed E-state index contributed by atoms with van der Waals surface area (Å²) in [6.45, 7) is 5.60. The summed E-state index contributed by atoms with van der Waals surface area (Å²) in [4.78, 5) is 16.1. The third-order valence-corrected chi connectivity index (χ3v) is 4.14. The summed E-state index contributed by atoms with van der Waals surface area (Å²) >= 11 is 1.69. The highest BCUT2D eigenvalue weighted by Gasteiger charge is 2.26. The molecule has 1 unspecified atom stereocenters. The van der Waals surface area contributed by atoms with Crippen LogP contribution in [0, 0.1) is 5.92 Å². The highest BCUT2D eigenvalue weighted by atomic mass is 32.2. The maximum absolute atomic E-state index is 11.6. The molecule has 20 heavy (non-hydrogen) atoms. The van der Waals surface area contributed by atoms with Gasteiger partial charge in [0.1, 0.15) is 0 Å². The first-order valence-electron chi connectivity index (χ1n) is 7.26. The van der Waals surface area contributed by atoms with Gasteiger partial charge in [0.2, 0.25) is 0 Å². The van der Waals surface area contributed by atoms with Gasteiger partial charge in [-0.3, -0.25) is 4.99 Å². The summed E-state index contributed by atoms with van der Waals surface area (Å²) < 4.78 is 5.11. The van der Waals surface area contributed by atoms with Gasteiger partial charge in [-0.2, -0.15) is 0 Å². The van der Waals surface area contributed by atoms with E-state index in [2.05, 4.69) is 10.3 Å². The van der Waals surface area contributed by atoms with Crippen molar-refractivity contribution in [3.8, 4) is 0 Å². The fraction of sp³-hybridized carbons (Fsp3) is 0.857. The molecule has 0 heterocycles. The number of nitrogens with zero attached hydrogens (tertiary/aromatic N) is 1. The average Bonchev–Trinajstić information content (AvgIpc) is 2.35. The predicted octanol–water partition coefficient (Wildman–Crippen LogP) is 2.75. The van der Waals surface area contributed by atoms with Gasteiger partial charge in [-0.1, -0.05) is 0 Å². The van der Waals surface area contributed by atoms with Crippen molar-refractivity contribution in [3.63, 3.8) is 0 Å². The molecule has 0 aromatic carbocycles. The summed E-state index contributed by atoms with van der Waals surface area (Å²) in [5.41, 5.74) is 5.74. The number of rotatable bonds is 4. The molecule has 6 heteroatoms. The van der Waals surface area contributed by atoms with E-state index in [4.69, 9.17) is 10.5 Å². The lowest BCUT2D eigenvalue weighted by molar-refractivity contribution is 0.109. The lowest BCUT2D eigenvalue weighted by atomic mass is 9.86. The molecule has 0 aromatic rings. The Kier molecular flexibility index (Phi) is 7.37. The molecule has 1 amide bonds. The van der Waals surface area contributed by atoms with Crippen LogP contribution in [0.5, 0.6) is 0 Å². The fourth-order valence-electron chi connectivity index (χ4n) is 2.42.